The van der Waals surface area contributed by atoms with E-state index in [-0.39, 0.29) is 9.79 Å². The second kappa shape index (κ2) is 7.23. The molecule has 0 saturated carbocycles. The maximum atomic E-state index is 13.1. The largest absolute Gasteiger partial charge is 0.318 e. The molecular formula is C16H22FN3O2S. The highest BCUT2D eigenvalue weighted by atomic mass is 32.2. The fourth-order valence-corrected chi connectivity index (χ4v) is 4.34. The molecule has 0 saturated heterocycles. The number of sulfone groups is 1. The molecule has 0 amide bonds. The summed E-state index contributed by atoms with van der Waals surface area (Å²) in [5.74, 6) is -0.458. The molecule has 5 nitrogen and oxygen atoms in total. The lowest BCUT2D eigenvalue weighted by molar-refractivity contribution is 0.555. The topological polar surface area (TPSA) is 64.0 Å². The first-order chi connectivity index (χ1) is 11.0. The number of nitrogens with one attached hydrogen (secondary N) is 1. The van der Waals surface area contributed by atoms with E-state index in [0.29, 0.717) is 37.3 Å². The number of hydrogen-bond donors (Lipinski definition) is 1. The molecule has 0 atom stereocenters. The van der Waals surface area contributed by atoms with E-state index < -0.39 is 15.7 Å². The Morgan fingerprint density at radius 1 is 1.17 bits per heavy atom. The second-order valence-corrected chi connectivity index (χ2v) is 7.10. The predicted octanol–water partition coefficient (Wildman–Crippen LogP) is 2.20. The number of nitrogens with zero attached hydrogens (tertiary/aromatic N) is 2. The molecule has 0 aliphatic carbocycles. The lowest BCUT2D eigenvalue weighted by Crippen LogP contribution is -2.17. The summed E-state index contributed by atoms with van der Waals surface area (Å²) in [5.41, 5.74) is 1.25. The van der Waals surface area contributed by atoms with Gasteiger partial charge in [0.2, 0.25) is 9.84 Å². The van der Waals surface area contributed by atoms with Crippen molar-refractivity contribution >= 4 is 9.84 Å². The Balaban J connectivity index is 2.60. The van der Waals surface area contributed by atoms with Crippen molar-refractivity contribution in [1.29, 1.82) is 0 Å². The first kappa shape index (κ1) is 17.6. The van der Waals surface area contributed by atoms with E-state index >= 15 is 0 Å². The van der Waals surface area contributed by atoms with E-state index in [2.05, 4.69) is 10.4 Å². The standard InChI is InChI=1S/C16H22FN3O2S/c1-4-14-16(15(5-2)20(19-14)11-10-18-3)23(21,22)13-8-6-12(17)7-9-13/h6-9,18H,4-5,10-11H2,1-3H3. The molecule has 0 radical (unpaired) electrons. The first-order valence-corrected chi connectivity index (χ1v) is 9.17. The van der Waals surface area contributed by atoms with Crippen LogP contribution in [0.1, 0.15) is 25.2 Å². The van der Waals surface area contributed by atoms with Gasteiger partial charge in [0, 0.05) is 6.54 Å². The zero-order chi connectivity index (χ0) is 17.0. The van der Waals surface area contributed by atoms with Crippen LogP contribution in [0.2, 0.25) is 0 Å². The number of likely N-dealkylation sites (N-methyl/N-ethyl adjacent to an activating group) is 1. The monoisotopic (exact) mass is 339 g/mol. The molecule has 1 heterocycles. The van der Waals surface area contributed by atoms with Crippen LogP contribution in [0.15, 0.2) is 34.1 Å². The van der Waals surface area contributed by atoms with Crippen molar-refractivity contribution in [1.82, 2.24) is 15.1 Å². The summed E-state index contributed by atoms with van der Waals surface area (Å²) in [7, 11) is -1.88. The van der Waals surface area contributed by atoms with E-state index in [0.717, 1.165) is 12.1 Å². The highest BCUT2D eigenvalue weighted by Crippen LogP contribution is 2.28. The number of benzene rings is 1. The third-order valence-corrected chi connectivity index (χ3v) is 5.61. The fraction of sp³-hybridized carbons (Fsp3) is 0.438. The molecule has 1 aromatic heterocycles. The molecule has 0 unspecified atom stereocenters. The van der Waals surface area contributed by atoms with Gasteiger partial charge >= 0.3 is 0 Å². The van der Waals surface area contributed by atoms with Gasteiger partial charge in [-0.25, -0.2) is 12.8 Å². The Morgan fingerprint density at radius 2 is 1.83 bits per heavy atom. The van der Waals surface area contributed by atoms with Crippen LogP contribution in [0.25, 0.3) is 0 Å². The van der Waals surface area contributed by atoms with Gasteiger partial charge in [0.15, 0.2) is 0 Å². The maximum absolute atomic E-state index is 13.1. The van der Waals surface area contributed by atoms with Gasteiger partial charge in [0.1, 0.15) is 10.7 Å². The van der Waals surface area contributed by atoms with Crippen molar-refractivity contribution in [3.63, 3.8) is 0 Å². The number of hydrogen-bond acceptors (Lipinski definition) is 4. The third kappa shape index (κ3) is 3.45. The minimum absolute atomic E-state index is 0.0940. The van der Waals surface area contributed by atoms with Crippen LogP contribution in [0.5, 0.6) is 0 Å². The summed E-state index contributed by atoms with van der Waals surface area (Å²) in [6, 6.07) is 4.92. The zero-order valence-electron chi connectivity index (χ0n) is 13.6. The van der Waals surface area contributed by atoms with Gasteiger partial charge in [-0.2, -0.15) is 5.10 Å². The van der Waals surface area contributed by atoms with Crippen LogP contribution in [0, 0.1) is 5.82 Å². The van der Waals surface area contributed by atoms with E-state index in [1.54, 1.807) is 4.68 Å². The SMILES string of the molecule is CCc1nn(CCNC)c(CC)c1S(=O)(=O)c1ccc(F)cc1. The third-order valence-electron chi connectivity index (χ3n) is 3.71. The minimum Gasteiger partial charge on any atom is -0.318 e. The fourth-order valence-electron chi connectivity index (χ4n) is 2.55. The Labute approximate surface area is 136 Å². The van der Waals surface area contributed by atoms with Crippen LogP contribution in [-0.2, 0) is 29.2 Å². The quantitative estimate of drug-likeness (QED) is 0.786. The zero-order valence-corrected chi connectivity index (χ0v) is 14.5. The Hall–Kier alpha value is -1.73. The molecule has 2 rings (SSSR count). The summed E-state index contributed by atoms with van der Waals surface area (Å²) in [5, 5.41) is 7.51. The Bertz CT molecular complexity index is 767. The smallest absolute Gasteiger partial charge is 0.210 e. The normalized spacial score (nSPS) is 11.8. The van der Waals surface area contributed by atoms with Gasteiger partial charge in [-0.3, -0.25) is 4.68 Å². The van der Waals surface area contributed by atoms with Gasteiger partial charge in [-0.15, -0.1) is 0 Å². The summed E-state index contributed by atoms with van der Waals surface area (Å²) >= 11 is 0. The Morgan fingerprint density at radius 3 is 2.35 bits per heavy atom. The van der Waals surface area contributed by atoms with Crippen LogP contribution in [0.3, 0.4) is 0 Å². The molecule has 23 heavy (non-hydrogen) atoms. The molecule has 1 aromatic carbocycles. The van der Waals surface area contributed by atoms with E-state index in [9.17, 15) is 12.8 Å². The van der Waals surface area contributed by atoms with Crippen LogP contribution < -0.4 is 5.32 Å². The van der Waals surface area contributed by atoms with Crippen molar-refractivity contribution in [2.75, 3.05) is 13.6 Å². The highest BCUT2D eigenvalue weighted by molar-refractivity contribution is 7.91. The maximum Gasteiger partial charge on any atom is 0.210 e. The van der Waals surface area contributed by atoms with Crippen molar-refractivity contribution in [3.05, 3.63) is 41.5 Å². The highest BCUT2D eigenvalue weighted by Gasteiger charge is 2.28. The predicted molar refractivity (Wildman–Crippen MR) is 86.8 cm³/mol. The molecule has 0 spiro atoms. The molecule has 1 N–H and O–H groups in total. The van der Waals surface area contributed by atoms with Crippen LogP contribution in [0.4, 0.5) is 4.39 Å². The molecule has 0 fully saturated rings. The molecule has 2 aromatic rings. The van der Waals surface area contributed by atoms with Crippen molar-refractivity contribution in [2.45, 2.75) is 43.0 Å². The van der Waals surface area contributed by atoms with E-state index in [4.69, 9.17) is 0 Å². The average Bonchev–Trinajstić information content (AvgIpc) is 2.91. The van der Waals surface area contributed by atoms with Gasteiger partial charge < -0.3 is 5.32 Å². The summed E-state index contributed by atoms with van der Waals surface area (Å²) < 4.78 is 40.8. The number of rotatable bonds is 7. The average molecular weight is 339 g/mol. The summed E-state index contributed by atoms with van der Waals surface area (Å²) in [6.45, 7) is 5.10. The van der Waals surface area contributed by atoms with Crippen LogP contribution >= 0.6 is 0 Å². The van der Waals surface area contributed by atoms with Gasteiger partial charge in [0.25, 0.3) is 0 Å². The molecule has 7 heteroatoms. The summed E-state index contributed by atoms with van der Waals surface area (Å²) in [6.07, 6.45) is 1.09. The van der Waals surface area contributed by atoms with Gasteiger partial charge in [-0.1, -0.05) is 13.8 Å². The van der Waals surface area contributed by atoms with E-state index in [1.165, 1.54) is 12.1 Å². The molecule has 0 bridgehead atoms. The Kier molecular flexibility index (Phi) is 5.54. The van der Waals surface area contributed by atoms with Gasteiger partial charge in [-0.05, 0) is 44.2 Å². The first-order valence-electron chi connectivity index (χ1n) is 7.69. The number of aryl methyl sites for hydroxylation is 1. The molecule has 126 valence electrons. The van der Waals surface area contributed by atoms with Gasteiger partial charge in [0.05, 0.1) is 22.8 Å². The van der Waals surface area contributed by atoms with Crippen molar-refractivity contribution in [3.8, 4) is 0 Å². The second-order valence-electron chi connectivity index (χ2n) is 5.21. The minimum atomic E-state index is -3.72. The molecule has 0 aliphatic rings. The number of aromatic nitrogens is 2. The lowest BCUT2D eigenvalue weighted by atomic mass is 10.2. The molecule has 0 aliphatic heterocycles. The van der Waals surface area contributed by atoms with Crippen LogP contribution in [-0.4, -0.2) is 31.8 Å². The summed E-state index contributed by atoms with van der Waals surface area (Å²) in [4.78, 5) is 0.363. The van der Waals surface area contributed by atoms with E-state index in [1.807, 2.05) is 20.9 Å². The number of halogens is 1. The molecular weight excluding hydrogens is 317 g/mol. The van der Waals surface area contributed by atoms with Crippen molar-refractivity contribution in [2.24, 2.45) is 0 Å². The van der Waals surface area contributed by atoms with Crippen molar-refractivity contribution < 1.29 is 12.8 Å². The lowest BCUT2D eigenvalue weighted by Gasteiger charge is -2.09.